The summed E-state index contributed by atoms with van der Waals surface area (Å²) < 4.78 is 11.4. The van der Waals surface area contributed by atoms with Crippen LogP contribution in [0.4, 0.5) is 11.5 Å². The smallest absolute Gasteiger partial charge is 0.161 e. The molecule has 0 atom stereocenters. The van der Waals surface area contributed by atoms with Crippen molar-refractivity contribution in [1.82, 2.24) is 4.98 Å². The number of ether oxygens (including phenoxy) is 2. The number of nitrogens with zero attached hydrogens (tertiary/aromatic N) is 1. The number of benzene rings is 2. The third-order valence-corrected chi connectivity index (χ3v) is 5.62. The maximum atomic E-state index is 8.88. The number of pyridine rings is 1. The third-order valence-electron chi connectivity index (χ3n) is 5.62. The van der Waals surface area contributed by atoms with Gasteiger partial charge >= 0.3 is 0 Å². The summed E-state index contributed by atoms with van der Waals surface area (Å²) >= 11 is 0. The SMILES string of the molecule is COc1cnc(N)c(C(=N)c2ccc(Oc3ccccc3)cc2)c1NC1CCCCC1. The summed E-state index contributed by atoms with van der Waals surface area (Å²) in [7, 11) is 1.61. The van der Waals surface area contributed by atoms with E-state index in [1.165, 1.54) is 19.3 Å². The number of methoxy groups -OCH3 is 1. The minimum atomic E-state index is 0.300. The van der Waals surface area contributed by atoms with Crippen molar-refractivity contribution in [3.8, 4) is 17.2 Å². The molecule has 31 heavy (non-hydrogen) atoms. The van der Waals surface area contributed by atoms with Crippen molar-refractivity contribution in [2.45, 2.75) is 38.1 Å². The summed E-state index contributed by atoms with van der Waals surface area (Å²) in [6.45, 7) is 0. The average molecular weight is 417 g/mol. The normalized spacial score (nSPS) is 14.1. The molecule has 1 saturated carbocycles. The van der Waals surface area contributed by atoms with Gasteiger partial charge in [-0.1, -0.05) is 37.5 Å². The Morgan fingerprint density at radius 2 is 1.68 bits per heavy atom. The van der Waals surface area contributed by atoms with Crippen LogP contribution in [-0.4, -0.2) is 23.8 Å². The fraction of sp³-hybridized carbons (Fsp3) is 0.280. The van der Waals surface area contributed by atoms with E-state index in [-0.39, 0.29) is 0 Å². The molecule has 0 saturated heterocycles. The summed E-state index contributed by atoms with van der Waals surface area (Å²) in [6, 6.07) is 17.4. The van der Waals surface area contributed by atoms with Gasteiger partial charge in [0.15, 0.2) is 5.75 Å². The highest BCUT2D eigenvalue weighted by Gasteiger charge is 2.23. The average Bonchev–Trinajstić information content (AvgIpc) is 2.81. The number of hydrogen-bond acceptors (Lipinski definition) is 6. The van der Waals surface area contributed by atoms with Gasteiger partial charge in [0.2, 0.25) is 0 Å². The first-order valence-corrected chi connectivity index (χ1v) is 10.7. The lowest BCUT2D eigenvalue weighted by molar-refractivity contribution is 0.411. The van der Waals surface area contributed by atoms with Crippen LogP contribution >= 0.6 is 0 Å². The van der Waals surface area contributed by atoms with E-state index in [0.717, 1.165) is 29.8 Å². The fourth-order valence-electron chi connectivity index (χ4n) is 3.97. The van der Waals surface area contributed by atoms with Crippen LogP contribution in [-0.2, 0) is 0 Å². The minimum Gasteiger partial charge on any atom is -0.493 e. The maximum absolute atomic E-state index is 8.88. The molecule has 6 heteroatoms. The zero-order valence-electron chi connectivity index (χ0n) is 17.7. The van der Waals surface area contributed by atoms with E-state index in [0.29, 0.717) is 34.6 Å². The molecule has 0 amide bonds. The van der Waals surface area contributed by atoms with Gasteiger partial charge in [-0.25, -0.2) is 4.98 Å². The van der Waals surface area contributed by atoms with E-state index in [2.05, 4.69) is 10.3 Å². The molecule has 2 aromatic carbocycles. The Morgan fingerprint density at radius 3 is 2.35 bits per heavy atom. The maximum Gasteiger partial charge on any atom is 0.161 e. The molecule has 6 nitrogen and oxygen atoms in total. The van der Waals surface area contributed by atoms with Crippen LogP contribution in [0.15, 0.2) is 60.8 Å². The molecule has 3 aromatic rings. The Morgan fingerprint density at radius 1 is 1.00 bits per heavy atom. The molecular weight excluding hydrogens is 388 g/mol. The van der Waals surface area contributed by atoms with E-state index in [1.54, 1.807) is 13.3 Å². The molecule has 0 unspecified atom stereocenters. The van der Waals surface area contributed by atoms with Gasteiger partial charge < -0.3 is 20.5 Å². The number of nitrogens with one attached hydrogen (secondary N) is 2. The van der Waals surface area contributed by atoms with Crippen molar-refractivity contribution in [2.24, 2.45) is 0 Å². The van der Waals surface area contributed by atoms with Crippen molar-refractivity contribution in [3.63, 3.8) is 0 Å². The first-order chi connectivity index (χ1) is 15.2. The van der Waals surface area contributed by atoms with Gasteiger partial charge in [0, 0.05) is 11.6 Å². The quantitative estimate of drug-likeness (QED) is 0.434. The first kappa shape index (κ1) is 20.7. The molecule has 160 valence electrons. The second-order valence-corrected chi connectivity index (χ2v) is 7.76. The molecule has 1 fully saturated rings. The number of nitrogens with two attached hydrogens (primary N) is 1. The highest BCUT2D eigenvalue weighted by molar-refractivity contribution is 6.17. The van der Waals surface area contributed by atoms with Gasteiger partial charge in [-0.15, -0.1) is 0 Å². The predicted octanol–water partition coefficient (Wildman–Crippen LogP) is 5.63. The minimum absolute atomic E-state index is 0.300. The van der Waals surface area contributed by atoms with E-state index in [1.807, 2.05) is 54.6 Å². The molecule has 1 aromatic heterocycles. The molecule has 0 spiro atoms. The molecule has 0 bridgehead atoms. The predicted molar refractivity (Wildman–Crippen MR) is 125 cm³/mol. The summed E-state index contributed by atoms with van der Waals surface area (Å²) in [5.41, 5.74) is 8.60. The third kappa shape index (κ3) is 4.79. The lowest BCUT2D eigenvalue weighted by atomic mass is 9.94. The standard InChI is InChI=1S/C25H28N4O2/c1-30-21-16-28-25(27)22(24(21)29-18-8-4-2-5-9-18)23(26)17-12-14-20(15-13-17)31-19-10-6-3-7-11-19/h3,6-7,10-16,18,26H,2,4-5,8-9H2,1H3,(H3,27,28,29). The molecule has 1 aliphatic carbocycles. The zero-order valence-corrected chi connectivity index (χ0v) is 17.7. The zero-order chi connectivity index (χ0) is 21.6. The Balaban J connectivity index is 1.61. The van der Waals surface area contributed by atoms with Gasteiger partial charge in [0.1, 0.15) is 17.3 Å². The van der Waals surface area contributed by atoms with Crippen LogP contribution in [0.3, 0.4) is 0 Å². The van der Waals surface area contributed by atoms with E-state index >= 15 is 0 Å². The van der Waals surface area contributed by atoms with Crippen LogP contribution in [0.1, 0.15) is 43.2 Å². The topological polar surface area (TPSA) is 93.3 Å². The van der Waals surface area contributed by atoms with Gasteiger partial charge in [-0.05, 0) is 49.2 Å². The lowest BCUT2D eigenvalue weighted by Crippen LogP contribution is -2.24. The highest BCUT2D eigenvalue weighted by Crippen LogP contribution is 2.35. The number of anilines is 2. The first-order valence-electron chi connectivity index (χ1n) is 10.7. The number of rotatable bonds is 7. The van der Waals surface area contributed by atoms with Gasteiger partial charge in [-0.2, -0.15) is 0 Å². The monoisotopic (exact) mass is 416 g/mol. The highest BCUT2D eigenvalue weighted by atomic mass is 16.5. The Hall–Kier alpha value is -3.54. The largest absolute Gasteiger partial charge is 0.493 e. The molecule has 4 rings (SSSR count). The second kappa shape index (κ2) is 9.51. The molecule has 1 aliphatic rings. The number of nitrogen functional groups attached to an aromatic ring is 1. The van der Waals surface area contributed by atoms with Crippen LogP contribution in [0.25, 0.3) is 0 Å². The van der Waals surface area contributed by atoms with Gasteiger partial charge in [-0.3, -0.25) is 5.41 Å². The fourth-order valence-corrected chi connectivity index (χ4v) is 3.97. The van der Waals surface area contributed by atoms with Gasteiger partial charge in [0.25, 0.3) is 0 Å². The van der Waals surface area contributed by atoms with Crippen molar-refractivity contribution in [3.05, 3.63) is 71.9 Å². The lowest BCUT2D eigenvalue weighted by Gasteiger charge is -2.26. The van der Waals surface area contributed by atoms with Crippen molar-refractivity contribution in [1.29, 1.82) is 5.41 Å². The summed E-state index contributed by atoms with van der Waals surface area (Å²) in [4.78, 5) is 4.27. The number of aromatic nitrogens is 1. The summed E-state index contributed by atoms with van der Waals surface area (Å²) in [5.74, 6) is 2.39. The summed E-state index contributed by atoms with van der Waals surface area (Å²) in [6.07, 6.45) is 7.50. The van der Waals surface area contributed by atoms with E-state index in [4.69, 9.17) is 20.6 Å². The van der Waals surface area contributed by atoms with Gasteiger partial charge in [0.05, 0.1) is 30.3 Å². The Bertz CT molecular complexity index is 1030. The molecule has 4 N–H and O–H groups in total. The van der Waals surface area contributed by atoms with E-state index < -0.39 is 0 Å². The molecule has 0 aliphatic heterocycles. The van der Waals surface area contributed by atoms with Crippen LogP contribution < -0.4 is 20.5 Å². The van der Waals surface area contributed by atoms with Crippen molar-refractivity contribution < 1.29 is 9.47 Å². The van der Waals surface area contributed by atoms with Crippen LogP contribution in [0, 0.1) is 5.41 Å². The van der Waals surface area contributed by atoms with E-state index in [9.17, 15) is 0 Å². The van der Waals surface area contributed by atoms with Crippen molar-refractivity contribution in [2.75, 3.05) is 18.2 Å². The molecular formula is C25H28N4O2. The van der Waals surface area contributed by atoms with Crippen LogP contribution in [0.2, 0.25) is 0 Å². The second-order valence-electron chi connectivity index (χ2n) is 7.76. The summed E-state index contributed by atoms with van der Waals surface area (Å²) in [5, 5.41) is 12.5. The number of para-hydroxylation sites is 1. The Labute approximate surface area is 182 Å². The Kier molecular flexibility index (Phi) is 6.36. The molecule has 1 heterocycles. The number of hydrogen-bond donors (Lipinski definition) is 3. The van der Waals surface area contributed by atoms with Crippen molar-refractivity contribution >= 4 is 17.2 Å². The molecule has 0 radical (unpaired) electrons. The van der Waals surface area contributed by atoms with Crippen LogP contribution in [0.5, 0.6) is 17.2 Å².